The van der Waals surface area contributed by atoms with E-state index in [1.807, 2.05) is 30.3 Å². The van der Waals surface area contributed by atoms with Crippen LogP contribution in [0.25, 0.3) is 0 Å². The lowest BCUT2D eigenvalue weighted by atomic mass is 10.0. The van der Waals surface area contributed by atoms with Gasteiger partial charge in [0.2, 0.25) is 4.73 Å². The van der Waals surface area contributed by atoms with Gasteiger partial charge in [-0.2, -0.15) is 13.8 Å². The Morgan fingerprint density at radius 2 is 2.00 bits per heavy atom. The number of benzene rings is 1. The molecule has 1 atom stereocenters. The van der Waals surface area contributed by atoms with Crippen molar-refractivity contribution < 1.29 is 8.78 Å². The Morgan fingerprint density at radius 1 is 1.29 bits per heavy atom. The fraction of sp³-hybridized carbons (Fsp3) is 0.273. The third-order valence-electron chi connectivity index (χ3n) is 2.86. The van der Waals surface area contributed by atoms with Crippen LogP contribution in [0.15, 0.2) is 35.1 Å². The van der Waals surface area contributed by atoms with Gasteiger partial charge in [0.25, 0.3) is 0 Å². The number of hydrogen-bond donors (Lipinski definition) is 0. The zero-order valence-corrected chi connectivity index (χ0v) is 10.2. The first kappa shape index (κ1) is 10.8. The van der Waals surface area contributed by atoms with Crippen LogP contribution in [0.3, 0.4) is 0 Å². The van der Waals surface area contributed by atoms with E-state index in [0.29, 0.717) is 0 Å². The van der Waals surface area contributed by atoms with Gasteiger partial charge in [0.05, 0.1) is 6.04 Å². The fourth-order valence-corrected chi connectivity index (χ4v) is 2.46. The highest BCUT2D eigenvalue weighted by atomic mass is 79.9. The summed E-state index contributed by atoms with van der Waals surface area (Å²) >= 11 is 3.03. The van der Waals surface area contributed by atoms with Crippen molar-refractivity contribution in [3.05, 3.63) is 46.5 Å². The van der Waals surface area contributed by atoms with Crippen LogP contribution in [0.2, 0.25) is 0 Å². The van der Waals surface area contributed by atoms with Crippen LogP contribution in [-0.4, -0.2) is 14.8 Å². The molecule has 0 fully saturated rings. The lowest BCUT2D eigenvalue weighted by Crippen LogP contribution is -2.09. The molecule has 1 aliphatic heterocycles. The molecule has 1 aromatic carbocycles. The topological polar surface area (TPSA) is 30.7 Å². The van der Waals surface area contributed by atoms with E-state index in [4.69, 9.17) is 0 Å². The van der Waals surface area contributed by atoms with E-state index in [9.17, 15) is 8.78 Å². The van der Waals surface area contributed by atoms with E-state index in [-0.39, 0.29) is 17.0 Å². The summed E-state index contributed by atoms with van der Waals surface area (Å²) in [6.45, 7) is 0. The first-order chi connectivity index (χ1) is 8.08. The van der Waals surface area contributed by atoms with Crippen molar-refractivity contribution in [2.24, 2.45) is 0 Å². The highest BCUT2D eigenvalue weighted by Gasteiger charge is 2.48. The normalized spacial score (nSPS) is 21.5. The molecule has 0 saturated heterocycles. The summed E-state index contributed by atoms with van der Waals surface area (Å²) in [6, 6.07) is 8.72. The second kappa shape index (κ2) is 3.60. The summed E-state index contributed by atoms with van der Waals surface area (Å²) in [7, 11) is 0. The minimum Gasteiger partial charge on any atom is -0.236 e. The Bertz CT molecular complexity index is 553. The predicted molar refractivity (Wildman–Crippen MR) is 60.8 cm³/mol. The van der Waals surface area contributed by atoms with E-state index >= 15 is 0 Å². The van der Waals surface area contributed by atoms with Gasteiger partial charge in [0.1, 0.15) is 0 Å². The van der Waals surface area contributed by atoms with Crippen LogP contribution < -0.4 is 0 Å². The maximum Gasteiger partial charge on any atom is 0.308 e. The maximum atomic E-state index is 13.7. The number of hydrogen-bond acceptors (Lipinski definition) is 2. The molecule has 0 spiro atoms. The van der Waals surface area contributed by atoms with Crippen molar-refractivity contribution in [2.75, 3.05) is 0 Å². The summed E-state index contributed by atoms with van der Waals surface area (Å²) in [4.78, 5) is 3.74. The largest absolute Gasteiger partial charge is 0.308 e. The van der Waals surface area contributed by atoms with Crippen LogP contribution in [0.4, 0.5) is 8.78 Å². The van der Waals surface area contributed by atoms with E-state index in [1.54, 1.807) is 0 Å². The molecule has 0 bridgehead atoms. The number of aromatic nitrogens is 3. The first-order valence-electron chi connectivity index (χ1n) is 5.13. The number of rotatable bonds is 1. The number of fused-ring (bicyclic) bond motifs is 1. The second-order valence-corrected chi connectivity index (χ2v) is 4.69. The molecule has 88 valence electrons. The summed E-state index contributed by atoms with van der Waals surface area (Å²) in [5, 5.41) is 3.99. The van der Waals surface area contributed by atoms with Gasteiger partial charge in [0.15, 0.2) is 5.82 Å². The molecule has 0 amide bonds. The summed E-state index contributed by atoms with van der Waals surface area (Å²) < 4.78 is 29.0. The van der Waals surface area contributed by atoms with Gasteiger partial charge in [-0.15, -0.1) is 5.10 Å². The van der Waals surface area contributed by atoms with Crippen LogP contribution in [0, 0.1) is 0 Å². The zero-order chi connectivity index (χ0) is 12.0. The monoisotopic (exact) mass is 299 g/mol. The van der Waals surface area contributed by atoms with Crippen molar-refractivity contribution >= 4 is 15.9 Å². The van der Waals surface area contributed by atoms with Crippen LogP contribution in [-0.2, 0) is 5.92 Å². The predicted octanol–water partition coefficient (Wildman–Crippen LogP) is 3.13. The van der Waals surface area contributed by atoms with Gasteiger partial charge >= 0.3 is 5.92 Å². The molecule has 1 aromatic heterocycles. The molecule has 1 aliphatic rings. The lowest BCUT2D eigenvalue weighted by Gasteiger charge is -2.11. The molecule has 0 saturated carbocycles. The first-order valence-corrected chi connectivity index (χ1v) is 5.92. The van der Waals surface area contributed by atoms with Crippen molar-refractivity contribution in [3.8, 4) is 0 Å². The van der Waals surface area contributed by atoms with E-state index in [2.05, 4.69) is 26.0 Å². The van der Waals surface area contributed by atoms with Crippen molar-refractivity contribution in [3.63, 3.8) is 0 Å². The van der Waals surface area contributed by atoms with Gasteiger partial charge in [-0.25, -0.2) is 4.68 Å². The molecule has 0 aliphatic carbocycles. The Labute approximate surface area is 105 Å². The van der Waals surface area contributed by atoms with Crippen LogP contribution in [0.5, 0.6) is 0 Å². The molecule has 0 N–H and O–H groups in total. The minimum absolute atomic E-state index is 0.202. The standard InChI is InChI=1S/C11H8BrF2N3/c12-10-15-9-11(13,14)6-8(17(9)16-10)7-4-2-1-3-5-7/h1-5,8H,6H2/t8-/m0/s1. The zero-order valence-electron chi connectivity index (χ0n) is 8.65. The molecule has 6 heteroatoms. The van der Waals surface area contributed by atoms with E-state index in [1.165, 1.54) is 4.68 Å². The quantitative estimate of drug-likeness (QED) is 0.810. The van der Waals surface area contributed by atoms with E-state index in [0.717, 1.165) is 5.56 Å². The van der Waals surface area contributed by atoms with E-state index < -0.39 is 12.0 Å². The minimum atomic E-state index is -2.92. The Balaban J connectivity index is 2.11. The molecule has 3 nitrogen and oxygen atoms in total. The molecule has 2 aromatic rings. The highest BCUT2D eigenvalue weighted by Crippen LogP contribution is 2.45. The Morgan fingerprint density at radius 3 is 2.71 bits per heavy atom. The molecule has 0 radical (unpaired) electrons. The maximum absolute atomic E-state index is 13.7. The smallest absolute Gasteiger partial charge is 0.236 e. The third kappa shape index (κ3) is 1.67. The molecule has 0 unspecified atom stereocenters. The van der Waals surface area contributed by atoms with Crippen molar-refractivity contribution in [1.82, 2.24) is 14.8 Å². The average molecular weight is 300 g/mol. The average Bonchev–Trinajstić information content (AvgIpc) is 2.79. The van der Waals surface area contributed by atoms with Crippen LogP contribution in [0.1, 0.15) is 23.9 Å². The Hall–Kier alpha value is -1.30. The van der Waals surface area contributed by atoms with Crippen molar-refractivity contribution in [1.29, 1.82) is 0 Å². The van der Waals surface area contributed by atoms with Gasteiger partial charge < -0.3 is 0 Å². The highest BCUT2D eigenvalue weighted by molar-refractivity contribution is 9.10. The van der Waals surface area contributed by atoms with Crippen molar-refractivity contribution in [2.45, 2.75) is 18.4 Å². The van der Waals surface area contributed by atoms with Crippen LogP contribution >= 0.6 is 15.9 Å². The Kier molecular flexibility index (Phi) is 2.29. The molecular formula is C11H8BrF2N3. The number of nitrogens with zero attached hydrogens (tertiary/aromatic N) is 3. The second-order valence-electron chi connectivity index (χ2n) is 3.98. The summed E-state index contributed by atoms with van der Waals surface area (Å²) in [6.07, 6.45) is -0.278. The number of alkyl halides is 2. The lowest BCUT2D eigenvalue weighted by molar-refractivity contribution is -0.00886. The SMILES string of the molecule is FC1(F)C[C@@H](c2ccccc2)n2nc(Br)nc21. The number of halogens is 3. The third-order valence-corrected chi connectivity index (χ3v) is 3.20. The molecule has 2 heterocycles. The summed E-state index contributed by atoms with van der Waals surface area (Å²) in [5.74, 6) is -3.18. The summed E-state index contributed by atoms with van der Waals surface area (Å²) in [5.41, 5.74) is 0.823. The van der Waals surface area contributed by atoms with Gasteiger partial charge in [-0.1, -0.05) is 30.3 Å². The van der Waals surface area contributed by atoms with Gasteiger partial charge in [-0.3, -0.25) is 0 Å². The molecular weight excluding hydrogens is 292 g/mol. The fourth-order valence-electron chi connectivity index (χ4n) is 2.12. The van der Waals surface area contributed by atoms with Gasteiger partial charge in [0, 0.05) is 6.42 Å². The molecule has 3 rings (SSSR count). The molecule has 17 heavy (non-hydrogen) atoms. The van der Waals surface area contributed by atoms with Gasteiger partial charge in [-0.05, 0) is 21.5 Å².